The Morgan fingerprint density at radius 2 is 1.70 bits per heavy atom. The molecular weight excluding hydrogens is 246 g/mol. The Balaban J connectivity index is 1.79. The molecule has 0 aliphatic carbocycles. The standard InChI is InChI=1S/C18H23NO/c1-15(12-13-16-8-4-3-5-9-16)19-14-17-10-6-7-11-18(17)20-2/h3-11,15,19H,12-14H2,1-2H3/p+1/t15-/m0/s1. The van der Waals surface area contributed by atoms with Crippen molar-refractivity contribution in [2.24, 2.45) is 0 Å². The zero-order chi connectivity index (χ0) is 14.2. The van der Waals surface area contributed by atoms with Crippen LogP contribution in [0.25, 0.3) is 0 Å². The van der Waals surface area contributed by atoms with Crippen molar-refractivity contribution < 1.29 is 10.1 Å². The first kappa shape index (κ1) is 14.6. The molecule has 0 amide bonds. The van der Waals surface area contributed by atoms with E-state index in [0.717, 1.165) is 18.7 Å². The number of para-hydroxylation sites is 1. The van der Waals surface area contributed by atoms with Crippen molar-refractivity contribution in [2.45, 2.75) is 32.4 Å². The van der Waals surface area contributed by atoms with E-state index in [1.165, 1.54) is 17.5 Å². The normalized spacial score (nSPS) is 12.1. The Kier molecular flexibility index (Phi) is 5.63. The fourth-order valence-electron chi connectivity index (χ4n) is 2.36. The number of quaternary nitrogens is 1. The Labute approximate surface area is 121 Å². The molecule has 0 radical (unpaired) electrons. The van der Waals surface area contributed by atoms with Crippen LogP contribution in [-0.4, -0.2) is 13.2 Å². The predicted molar refractivity (Wildman–Crippen MR) is 82.8 cm³/mol. The number of hydrogen-bond acceptors (Lipinski definition) is 1. The minimum absolute atomic E-state index is 0.611. The molecule has 0 bridgehead atoms. The lowest BCUT2D eigenvalue weighted by Crippen LogP contribution is -2.87. The van der Waals surface area contributed by atoms with Gasteiger partial charge in [-0.1, -0.05) is 42.5 Å². The van der Waals surface area contributed by atoms with E-state index < -0.39 is 0 Å². The lowest BCUT2D eigenvalue weighted by molar-refractivity contribution is -0.701. The molecule has 106 valence electrons. The molecule has 2 aromatic carbocycles. The molecule has 0 spiro atoms. The lowest BCUT2D eigenvalue weighted by Gasteiger charge is -2.12. The van der Waals surface area contributed by atoms with Crippen molar-refractivity contribution >= 4 is 0 Å². The number of ether oxygens (including phenoxy) is 1. The number of aryl methyl sites for hydroxylation is 1. The van der Waals surface area contributed by atoms with E-state index in [1.807, 2.05) is 12.1 Å². The van der Waals surface area contributed by atoms with Gasteiger partial charge in [-0.25, -0.2) is 0 Å². The first-order valence-electron chi connectivity index (χ1n) is 7.28. The summed E-state index contributed by atoms with van der Waals surface area (Å²) < 4.78 is 5.39. The largest absolute Gasteiger partial charge is 0.496 e. The molecule has 0 aromatic heterocycles. The van der Waals surface area contributed by atoms with Crippen LogP contribution in [0.3, 0.4) is 0 Å². The number of methoxy groups -OCH3 is 1. The average Bonchev–Trinajstić information content (AvgIpc) is 2.52. The van der Waals surface area contributed by atoms with Crippen molar-refractivity contribution in [1.82, 2.24) is 0 Å². The highest BCUT2D eigenvalue weighted by atomic mass is 16.5. The van der Waals surface area contributed by atoms with Crippen LogP contribution in [0.5, 0.6) is 5.75 Å². The smallest absolute Gasteiger partial charge is 0.127 e. The van der Waals surface area contributed by atoms with E-state index in [0.29, 0.717) is 6.04 Å². The van der Waals surface area contributed by atoms with Gasteiger partial charge < -0.3 is 10.1 Å². The van der Waals surface area contributed by atoms with Gasteiger partial charge in [0.25, 0.3) is 0 Å². The van der Waals surface area contributed by atoms with Gasteiger partial charge in [0.2, 0.25) is 0 Å². The van der Waals surface area contributed by atoms with E-state index in [9.17, 15) is 0 Å². The summed E-state index contributed by atoms with van der Waals surface area (Å²) in [5.41, 5.74) is 2.69. The second-order valence-corrected chi connectivity index (χ2v) is 5.25. The maximum atomic E-state index is 5.39. The van der Waals surface area contributed by atoms with Gasteiger partial charge in [0.15, 0.2) is 0 Å². The van der Waals surface area contributed by atoms with Gasteiger partial charge in [-0.2, -0.15) is 0 Å². The second kappa shape index (κ2) is 7.71. The Morgan fingerprint density at radius 1 is 1.00 bits per heavy atom. The first-order valence-corrected chi connectivity index (χ1v) is 7.28. The van der Waals surface area contributed by atoms with E-state index >= 15 is 0 Å². The van der Waals surface area contributed by atoms with Crippen molar-refractivity contribution in [3.63, 3.8) is 0 Å². The third-order valence-electron chi connectivity index (χ3n) is 3.66. The van der Waals surface area contributed by atoms with Gasteiger partial charge in [0, 0.05) is 12.0 Å². The summed E-state index contributed by atoms with van der Waals surface area (Å²) in [6.45, 7) is 3.26. The van der Waals surface area contributed by atoms with Crippen LogP contribution in [0, 0.1) is 0 Å². The molecule has 2 N–H and O–H groups in total. The molecule has 0 aliphatic heterocycles. The molecule has 0 aliphatic rings. The van der Waals surface area contributed by atoms with Crippen LogP contribution in [0.2, 0.25) is 0 Å². The SMILES string of the molecule is COc1ccccc1C[NH2+][C@@H](C)CCc1ccccc1. The van der Waals surface area contributed by atoms with Crippen molar-refractivity contribution in [3.05, 3.63) is 65.7 Å². The van der Waals surface area contributed by atoms with Gasteiger partial charge in [-0.15, -0.1) is 0 Å². The number of rotatable bonds is 7. The molecule has 0 unspecified atom stereocenters. The third-order valence-corrected chi connectivity index (χ3v) is 3.66. The van der Waals surface area contributed by atoms with Crippen molar-refractivity contribution in [2.75, 3.05) is 7.11 Å². The summed E-state index contributed by atoms with van der Waals surface area (Å²) in [4.78, 5) is 0. The number of benzene rings is 2. The zero-order valence-electron chi connectivity index (χ0n) is 12.4. The molecule has 20 heavy (non-hydrogen) atoms. The predicted octanol–water partition coefficient (Wildman–Crippen LogP) is 2.78. The summed E-state index contributed by atoms with van der Waals surface area (Å²) in [5.74, 6) is 0.985. The molecule has 2 heteroatoms. The van der Waals surface area contributed by atoms with Crippen LogP contribution in [0.1, 0.15) is 24.5 Å². The van der Waals surface area contributed by atoms with Gasteiger partial charge in [0.05, 0.1) is 13.2 Å². The summed E-state index contributed by atoms with van der Waals surface area (Å²) in [6.07, 6.45) is 2.34. The monoisotopic (exact) mass is 270 g/mol. The first-order chi connectivity index (χ1) is 9.79. The second-order valence-electron chi connectivity index (χ2n) is 5.25. The molecule has 0 heterocycles. The fourth-order valence-corrected chi connectivity index (χ4v) is 2.36. The Hall–Kier alpha value is -1.80. The zero-order valence-corrected chi connectivity index (χ0v) is 12.4. The summed E-state index contributed by atoms with van der Waals surface area (Å²) in [6, 6.07) is 19.6. The molecular formula is C18H24NO+. The van der Waals surface area contributed by atoms with E-state index in [4.69, 9.17) is 4.74 Å². The van der Waals surface area contributed by atoms with E-state index in [2.05, 4.69) is 54.7 Å². The lowest BCUT2D eigenvalue weighted by atomic mass is 10.1. The average molecular weight is 270 g/mol. The topological polar surface area (TPSA) is 25.8 Å². The van der Waals surface area contributed by atoms with Gasteiger partial charge in [-0.05, 0) is 31.0 Å². The maximum absolute atomic E-state index is 5.39. The summed E-state index contributed by atoms with van der Waals surface area (Å²) in [5, 5.41) is 2.39. The maximum Gasteiger partial charge on any atom is 0.127 e. The molecule has 2 aromatic rings. The fraction of sp³-hybridized carbons (Fsp3) is 0.333. The molecule has 2 nitrogen and oxygen atoms in total. The van der Waals surface area contributed by atoms with Gasteiger partial charge in [0.1, 0.15) is 12.3 Å². The molecule has 0 fully saturated rings. The van der Waals surface area contributed by atoms with Crippen LogP contribution in [0.4, 0.5) is 0 Å². The van der Waals surface area contributed by atoms with Crippen LogP contribution < -0.4 is 10.1 Å². The Bertz CT molecular complexity index is 510. The van der Waals surface area contributed by atoms with Gasteiger partial charge in [-0.3, -0.25) is 0 Å². The summed E-state index contributed by atoms with van der Waals surface area (Å²) >= 11 is 0. The third kappa shape index (κ3) is 4.39. The highest BCUT2D eigenvalue weighted by molar-refractivity contribution is 5.32. The highest BCUT2D eigenvalue weighted by Crippen LogP contribution is 2.15. The van der Waals surface area contributed by atoms with Gasteiger partial charge >= 0.3 is 0 Å². The minimum Gasteiger partial charge on any atom is -0.496 e. The van der Waals surface area contributed by atoms with Crippen molar-refractivity contribution in [3.8, 4) is 5.75 Å². The van der Waals surface area contributed by atoms with Crippen LogP contribution in [-0.2, 0) is 13.0 Å². The van der Waals surface area contributed by atoms with E-state index in [1.54, 1.807) is 7.11 Å². The minimum atomic E-state index is 0.611. The Morgan fingerprint density at radius 3 is 2.45 bits per heavy atom. The molecule has 1 atom stereocenters. The van der Waals surface area contributed by atoms with E-state index in [-0.39, 0.29) is 0 Å². The van der Waals surface area contributed by atoms with Crippen LogP contribution in [0.15, 0.2) is 54.6 Å². The summed E-state index contributed by atoms with van der Waals surface area (Å²) in [7, 11) is 1.73. The molecule has 2 rings (SSSR count). The van der Waals surface area contributed by atoms with Crippen LogP contribution >= 0.6 is 0 Å². The molecule has 0 saturated heterocycles. The molecule has 0 saturated carbocycles. The highest BCUT2D eigenvalue weighted by Gasteiger charge is 2.08. The quantitative estimate of drug-likeness (QED) is 0.822. The number of nitrogens with two attached hydrogens (primary N) is 1. The van der Waals surface area contributed by atoms with Crippen molar-refractivity contribution in [1.29, 1.82) is 0 Å². The number of hydrogen-bond donors (Lipinski definition) is 1.